The van der Waals surface area contributed by atoms with Crippen LogP contribution in [-0.2, 0) is 15.9 Å². The first-order valence-corrected chi connectivity index (χ1v) is 7.35. The Hall–Kier alpha value is -0.900. The van der Waals surface area contributed by atoms with Crippen LogP contribution in [-0.4, -0.2) is 25.9 Å². The van der Waals surface area contributed by atoms with Gasteiger partial charge in [0.25, 0.3) is 0 Å². The minimum absolute atomic E-state index is 0.00937. The van der Waals surface area contributed by atoms with Crippen LogP contribution < -0.4 is 5.73 Å². The molecule has 0 fully saturated rings. The molecule has 1 aromatic carbocycles. The Bertz CT molecular complexity index is 381. The predicted octanol–water partition coefficient (Wildman–Crippen LogP) is 2.83. The van der Waals surface area contributed by atoms with Gasteiger partial charge in [-0.15, -0.1) is 0 Å². The second-order valence-electron chi connectivity index (χ2n) is 5.14. The molecule has 19 heavy (non-hydrogen) atoms. The molecule has 3 nitrogen and oxygen atoms in total. The van der Waals surface area contributed by atoms with E-state index in [2.05, 4.69) is 31.2 Å². The summed E-state index contributed by atoms with van der Waals surface area (Å²) in [6, 6.07) is 8.46. The van der Waals surface area contributed by atoms with Gasteiger partial charge in [-0.3, -0.25) is 0 Å². The molecule has 2 rings (SSSR count). The molecule has 0 aliphatic heterocycles. The lowest BCUT2D eigenvalue weighted by atomic mass is 9.98. The van der Waals surface area contributed by atoms with E-state index in [1.54, 1.807) is 0 Å². The zero-order valence-corrected chi connectivity index (χ0v) is 11.8. The Morgan fingerprint density at radius 2 is 2.05 bits per heavy atom. The van der Waals surface area contributed by atoms with E-state index in [-0.39, 0.29) is 12.1 Å². The second kappa shape index (κ2) is 7.63. The first kappa shape index (κ1) is 14.5. The molecule has 0 aromatic heterocycles. The van der Waals surface area contributed by atoms with Gasteiger partial charge in [0.1, 0.15) is 0 Å². The molecule has 2 N–H and O–H groups in total. The van der Waals surface area contributed by atoms with Crippen molar-refractivity contribution in [3.8, 4) is 0 Å². The summed E-state index contributed by atoms with van der Waals surface area (Å²) in [7, 11) is 0. The van der Waals surface area contributed by atoms with Crippen molar-refractivity contribution in [1.82, 2.24) is 0 Å². The van der Waals surface area contributed by atoms with Crippen molar-refractivity contribution in [3.63, 3.8) is 0 Å². The summed E-state index contributed by atoms with van der Waals surface area (Å²) in [5.74, 6) is 0. The summed E-state index contributed by atoms with van der Waals surface area (Å²) in [5.41, 5.74) is 8.99. The molecule has 1 aromatic rings. The SMILES string of the molecule is CCCOCCOC1CCCc2ccccc2C1N. The van der Waals surface area contributed by atoms with Gasteiger partial charge >= 0.3 is 0 Å². The Labute approximate surface area is 116 Å². The van der Waals surface area contributed by atoms with E-state index < -0.39 is 0 Å². The lowest BCUT2D eigenvalue weighted by Gasteiger charge is -2.23. The maximum atomic E-state index is 6.37. The van der Waals surface area contributed by atoms with E-state index >= 15 is 0 Å². The first-order valence-electron chi connectivity index (χ1n) is 7.35. The lowest BCUT2D eigenvalue weighted by Crippen LogP contribution is -2.29. The normalized spacial score (nSPS) is 22.8. The number of hydrogen-bond donors (Lipinski definition) is 1. The Balaban J connectivity index is 1.88. The molecule has 106 valence electrons. The van der Waals surface area contributed by atoms with Crippen LogP contribution in [0.5, 0.6) is 0 Å². The van der Waals surface area contributed by atoms with Crippen LogP contribution in [0.15, 0.2) is 24.3 Å². The van der Waals surface area contributed by atoms with Crippen LogP contribution in [0, 0.1) is 0 Å². The van der Waals surface area contributed by atoms with Crippen LogP contribution in [0.1, 0.15) is 43.4 Å². The van der Waals surface area contributed by atoms with Crippen molar-refractivity contribution < 1.29 is 9.47 Å². The third kappa shape index (κ3) is 4.03. The van der Waals surface area contributed by atoms with Gasteiger partial charge in [-0.05, 0) is 36.8 Å². The number of ether oxygens (including phenoxy) is 2. The predicted molar refractivity (Wildman–Crippen MR) is 77.2 cm³/mol. The standard InChI is InChI=1S/C16H25NO2/c1-2-10-18-11-12-19-15-9-5-7-13-6-3-4-8-14(13)16(15)17/h3-4,6,8,15-16H,2,5,7,9-12,17H2,1H3. The van der Waals surface area contributed by atoms with Gasteiger partial charge in [-0.1, -0.05) is 31.2 Å². The molecule has 2 unspecified atom stereocenters. The summed E-state index contributed by atoms with van der Waals surface area (Å²) in [6.45, 7) is 4.22. The maximum Gasteiger partial charge on any atom is 0.0769 e. The van der Waals surface area contributed by atoms with Crippen LogP contribution >= 0.6 is 0 Å². The Morgan fingerprint density at radius 3 is 2.89 bits per heavy atom. The molecule has 1 aliphatic carbocycles. The molecule has 1 aliphatic rings. The second-order valence-corrected chi connectivity index (χ2v) is 5.14. The molecule has 0 radical (unpaired) electrons. The Kier molecular flexibility index (Phi) is 5.83. The van der Waals surface area contributed by atoms with Gasteiger partial charge in [-0.25, -0.2) is 0 Å². The smallest absolute Gasteiger partial charge is 0.0769 e. The molecular formula is C16H25NO2. The fourth-order valence-electron chi connectivity index (χ4n) is 2.65. The maximum absolute atomic E-state index is 6.37. The highest BCUT2D eigenvalue weighted by Crippen LogP contribution is 2.28. The molecule has 0 heterocycles. The van der Waals surface area contributed by atoms with Crippen molar-refractivity contribution in [2.24, 2.45) is 5.73 Å². The van der Waals surface area contributed by atoms with Crippen LogP contribution in [0.3, 0.4) is 0 Å². The third-order valence-corrected chi connectivity index (χ3v) is 3.66. The average Bonchev–Trinajstić information content (AvgIpc) is 2.59. The minimum atomic E-state index is -0.00937. The van der Waals surface area contributed by atoms with Crippen LogP contribution in [0.4, 0.5) is 0 Å². The average molecular weight is 263 g/mol. The summed E-state index contributed by atoms with van der Waals surface area (Å²) in [6.07, 6.45) is 4.45. The van der Waals surface area contributed by atoms with Gasteiger partial charge in [-0.2, -0.15) is 0 Å². The van der Waals surface area contributed by atoms with Gasteiger partial charge in [0, 0.05) is 6.61 Å². The summed E-state index contributed by atoms with van der Waals surface area (Å²) >= 11 is 0. The zero-order valence-electron chi connectivity index (χ0n) is 11.8. The molecule has 0 bridgehead atoms. The van der Waals surface area contributed by atoms with Gasteiger partial charge < -0.3 is 15.2 Å². The number of nitrogens with two attached hydrogens (primary N) is 1. The van der Waals surface area contributed by atoms with Gasteiger partial charge in [0.05, 0.1) is 25.4 Å². The highest BCUT2D eigenvalue weighted by molar-refractivity contribution is 5.31. The summed E-state index contributed by atoms with van der Waals surface area (Å²) < 4.78 is 11.4. The van der Waals surface area contributed by atoms with Gasteiger partial charge in [0.2, 0.25) is 0 Å². The number of benzene rings is 1. The largest absolute Gasteiger partial charge is 0.379 e. The van der Waals surface area contributed by atoms with Crippen molar-refractivity contribution >= 4 is 0 Å². The summed E-state index contributed by atoms with van der Waals surface area (Å²) in [4.78, 5) is 0. The van der Waals surface area contributed by atoms with Crippen molar-refractivity contribution in [3.05, 3.63) is 35.4 Å². The van der Waals surface area contributed by atoms with Gasteiger partial charge in [0.15, 0.2) is 0 Å². The van der Waals surface area contributed by atoms with E-state index in [9.17, 15) is 0 Å². The lowest BCUT2D eigenvalue weighted by molar-refractivity contribution is -0.00935. The van der Waals surface area contributed by atoms with E-state index in [0.717, 1.165) is 32.3 Å². The first-order chi connectivity index (χ1) is 9.33. The molecule has 3 heteroatoms. The quantitative estimate of drug-likeness (QED) is 0.634. The highest BCUT2D eigenvalue weighted by atomic mass is 16.5. The number of fused-ring (bicyclic) bond motifs is 1. The highest BCUT2D eigenvalue weighted by Gasteiger charge is 2.24. The minimum Gasteiger partial charge on any atom is -0.379 e. The molecule has 0 amide bonds. The Morgan fingerprint density at radius 1 is 1.21 bits per heavy atom. The fraction of sp³-hybridized carbons (Fsp3) is 0.625. The van der Waals surface area contributed by atoms with E-state index in [4.69, 9.17) is 15.2 Å². The zero-order chi connectivity index (χ0) is 13.5. The monoisotopic (exact) mass is 263 g/mol. The van der Waals surface area contributed by atoms with E-state index in [1.165, 1.54) is 11.1 Å². The van der Waals surface area contributed by atoms with Crippen molar-refractivity contribution in [2.45, 2.75) is 44.8 Å². The number of hydrogen-bond acceptors (Lipinski definition) is 3. The van der Waals surface area contributed by atoms with Crippen LogP contribution in [0.25, 0.3) is 0 Å². The molecule has 0 saturated carbocycles. The molecular weight excluding hydrogens is 238 g/mol. The van der Waals surface area contributed by atoms with Crippen LogP contribution in [0.2, 0.25) is 0 Å². The third-order valence-electron chi connectivity index (χ3n) is 3.66. The van der Waals surface area contributed by atoms with E-state index in [0.29, 0.717) is 13.2 Å². The van der Waals surface area contributed by atoms with Crippen molar-refractivity contribution in [2.75, 3.05) is 19.8 Å². The number of rotatable bonds is 6. The molecule has 0 spiro atoms. The van der Waals surface area contributed by atoms with E-state index in [1.807, 2.05) is 0 Å². The fourth-order valence-corrected chi connectivity index (χ4v) is 2.65. The van der Waals surface area contributed by atoms with Crippen molar-refractivity contribution in [1.29, 1.82) is 0 Å². The number of aryl methyl sites for hydroxylation is 1. The summed E-state index contributed by atoms with van der Waals surface area (Å²) in [5, 5.41) is 0. The topological polar surface area (TPSA) is 44.5 Å². The molecule has 2 atom stereocenters. The molecule has 0 saturated heterocycles.